The van der Waals surface area contributed by atoms with Crippen molar-refractivity contribution in [1.82, 2.24) is 9.21 Å². The molecule has 2 rings (SSSR count). The van der Waals surface area contributed by atoms with Gasteiger partial charge in [-0.3, -0.25) is 4.79 Å². The average Bonchev–Trinajstić information content (AvgIpc) is 2.45. The number of carbonyl (C=O) groups is 1. The van der Waals surface area contributed by atoms with Gasteiger partial charge in [0.1, 0.15) is 5.75 Å². The van der Waals surface area contributed by atoms with Gasteiger partial charge >= 0.3 is 0 Å². The fraction of sp³-hybridized carbons (Fsp3) is 0.562. The molecule has 1 amide bonds. The Morgan fingerprint density at radius 2 is 1.83 bits per heavy atom. The zero-order valence-electron chi connectivity index (χ0n) is 14.0. The highest BCUT2D eigenvalue weighted by Crippen LogP contribution is 2.29. The van der Waals surface area contributed by atoms with Gasteiger partial charge in [0.15, 0.2) is 0 Å². The third-order valence-corrected chi connectivity index (χ3v) is 5.13. The number of benzene rings is 1. The van der Waals surface area contributed by atoms with E-state index in [2.05, 4.69) is 0 Å². The first-order valence-corrected chi connectivity index (χ1v) is 9.52. The van der Waals surface area contributed by atoms with Gasteiger partial charge in [-0.1, -0.05) is 12.1 Å². The smallest absolute Gasteiger partial charge is 0.219 e. The van der Waals surface area contributed by atoms with Crippen LogP contribution < -0.4 is 4.74 Å². The van der Waals surface area contributed by atoms with Crippen LogP contribution in [0.25, 0.3) is 0 Å². The maximum atomic E-state index is 12.1. The SMILES string of the molecule is CC(=O)N1CCN(S(C)(=O)=O)[C@@H](c2ccc(OC(C)C)cc2)C1. The van der Waals surface area contributed by atoms with Crippen LogP contribution in [0.2, 0.25) is 0 Å². The van der Waals surface area contributed by atoms with Crippen LogP contribution in [0.3, 0.4) is 0 Å². The monoisotopic (exact) mass is 340 g/mol. The molecule has 0 aromatic heterocycles. The molecule has 1 aromatic rings. The first-order valence-electron chi connectivity index (χ1n) is 7.67. The second-order valence-corrected chi connectivity index (χ2v) is 8.03. The summed E-state index contributed by atoms with van der Waals surface area (Å²) in [6, 6.07) is 7.04. The molecule has 1 heterocycles. The van der Waals surface area contributed by atoms with Gasteiger partial charge in [-0.05, 0) is 31.5 Å². The topological polar surface area (TPSA) is 66.9 Å². The maximum Gasteiger partial charge on any atom is 0.219 e. The van der Waals surface area contributed by atoms with Gasteiger partial charge in [0, 0.05) is 26.6 Å². The molecule has 128 valence electrons. The number of ether oxygens (including phenoxy) is 1. The van der Waals surface area contributed by atoms with Crippen molar-refractivity contribution < 1.29 is 17.9 Å². The van der Waals surface area contributed by atoms with Gasteiger partial charge in [0.25, 0.3) is 0 Å². The summed E-state index contributed by atoms with van der Waals surface area (Å²) in [7, 11) is -3.34. The molecule has 0 bridgehead atoms. The molecule has 0 radical (unpaired) electrons. The van der Waals surface area contributed by atoms with Crippen molar-refractivity contribution >= 4 is 15.9 Å². The standard InChI is InChI=1S/C16H24N2O4S/c1-12(2)22-15-7-5-14(6-8-15)16-11-17(13(3)19)9-10-18(16)23(4,20)21/h5-8,12,16H,9-11H2,1-4H3/t16-/m1/s1. The predicted molar refractivity (Wildman–Crippen MR) is 88.8 cm³/mol. The molecule has 1 aliphatic rings. The summed E-state index contributed by atoms with van der Waals surface area (Å²) in [5.74, 6) is 0.705. The van der Waals surface area contributed by atoms with Gasteiger partial charge in [0.05, 0.1) is 18.4 Å². The molecule has 1 saturated heterocycles. The lowest BCUT2D eigenvalue weighted by molar-refractivity contribution is -0.130. The fourth-order valence-electron chi connectivity index (χ4n) is 2.76. The highest BCUT2D eigenvalue weighted by molar-refractivity contribution is 7.88. The third-order valence-electron chi connectivity index (χ3n) is 3.84. The molecule has 1 fully saturated rings. The van der Waals surface area contributed by atoms with Crippen LogP contribution >= 0.6 is 0 Å². The summed E-state index contributed by atoms with van der Waals surface area (Å²) in [5, 5.41) is 0. The quantitative estimate of drug-likeness (QED) is 0.836. The van der Waals surface area contributed by atoms with E-state index in [1.54, 1.807) is 4.90 Å². The van der Waals surface area contributed by atoms with E-state index >= 15 is 0 Å². The van der Waals surface area contributed by atoms with E-state index in [0.717, 1.165) is 11.3 Å². The summed E-state index contributed by atoms with van der Waals surface area (Å²) in [4.78, 5) is 13.3. The minimum atomic E-state index is -3.34. The Hall–Kier alpha value is -1.60. The number of rotatable bonds is 4. The van der Waals surface area contributed by atoms with Crippen molar-refractivity contribution in [2.45, 2.75) is 32.9 Å². The third kappa shape index (κ3) is 4.45. The lowest BCUT2D eigenvalue weighted by atomic mass is 10.0. The zero-order chi connectivity index (χ0) is 17.2. The van der Waals surface area contributed by atoms with Crippen LogP contribution in [0.5, 0.6) is 5.75 Å². The minimum absolute atomic E-state index is 0.0390. The number of piperazine rings is 1. The van der Waals surface area contributed by atoms with Crippen LogP contribution in [0.4, 0.5) is 0 Å². The molecule has 7 heteroatoms. The van der Waals surface area contributed by atoms with Crippen molar-refractivity contribution in [2.75, 3.05) is 25.9 Å². The Labute approximate surface area is 138 Å². The predicted octanol–water partition coefficient (Wildman–Crippen LogP) is 1.64. The normalized spacial score (nSPS) is 19.9. The summed E-state index contributed by atoms with van der Waals surface area (Å²) in [6.45, 7) is 6.51. The number of nitrogens with zero attached hydrogens (tertiary/aromatic N) is 2. The maximum absolute atomic E-state index is 12.1. The molecule has 0 spiro atoms. The van der Waals surface area contributed by atoms with Gasteiger partial charge in [-0.2, -0.15) is 4.31 Å². The zero-order valence-corrected chi connectivity index (χ0v) is 14.8. The lowest BCUT2D eigenvalue weighted by Crippen LogP contribution is -2.51. The van der Waals surface area contributed by atoms with E-state index in [1.165, 1.54) is 17.5 Å². The number of carbonyl (C=O) groups excluding carboxylic acids is 1. The number of sulfonamides is 1. The molecule has 0 N–H and O–H groups in total. The van der Waals surface area contributed by atoms with Crippen LogP contribution in [0, 0.1) is 0 Å². The molecule has 1 aromatic carbocycles. The van der Waals surface area contributed by atoms with E-state index in [4.69, 9.17) is 4.74 Å². The lowest BCUT2D eigenvalue weighted by Gasteiger charge is -2.39. The van der Waals surface area contributed by atoms with Gasteiger partial charge in [-0.25, -0.2) is 8.42 Å². The summed E-state index contributed by atoms with van der Waals surface area (Å²) in [5.41, 5.74) is 0.859. The van der Waals surface area contributed by atoms with Crippen LogP contribution in [-0.2, 0) is 14.8 Å². The molecule has 0 aliphatic carbocycles. The van der Waals surface area contributed by atoms with Crippen molar-refractivity contribution in [3.05, 3.63) is 29.8 Å². The van der Waals surface area contributed by atoms with E-state index in [-0.39, 0.29) is 18.1 Å². The van der Waals surface area contributed by atoms with E-state index in [9.17, 15) is 13.2 Å². The number of hydrogen-bond donors (Lipinski definition) is 0. The Bertz CT molecular complexity index is 655. The minimum Gasteiger partial charge on any atom is -0.491 e. The Morgan fingerprint density at radius 1 is 1.22 bits per heavy atom. The molecule has 0 saturated carbocycles. The molecule has 23 heavy (non-hydrogen) atoms. The van der Waals surface area contributed by atoms with Gasteiger partial charge in [-0.15, -0.1) is 0 Å². The second kappa shape index (κ2) is 6.88. The largest absolute Gasteiger partial charge is 0.491 e. The Kier molecular flexibility index (Phi) is 5.31. The Balaban J connectivity index is 2.28. The van der Waals surface area contributed by atoms with Crippen molar-refractivity contribution in [3.63, 3.8) is 0 Å². The first-order chi connectivity index (χ1) is 10.7. The Morgan fingerprint density at radius 3 is 2.30 bits per heavy atom. The second-order valence-electron chi connectivity index (χ2n) is 6.09. The summed E-state index contributed by atoms with van der Waals surface area (Å²) >= 11 is 0. The highest BCUT2D eigenvalue weighted by atomic mass is 32.2. The molecule has 1 atom stereocenters. The summed E-state index contributed by atoms with van der Waals surface area (Å²) in [6.07, 6.45) is 1.29. The average molecular weight is 340 g/mol. The van der Waals surface area contributed by atoms with Crippen LogP contribution in [-0.4, -0.2) is 55.5 Å². The fourth-order valence-corrected chi connectivity index (χ4v) is 3.83. The van der Waals surface area contributed by atoms with Crippen LogP contribution in [0.1, 0.15) is 32.4 Å². The molecular formula is C16H24N2O4S. The van der Waals surface area contributed by atoms with Crippen molar-refractivity contribution in [1.29, 1.82) is 0 Å². The molecule has 0 unspecified atom stereocenters. The number of amides is 1. The number of hydrogen-bond acceptors (Lipinski definition) is 4. The highest BCUT2D eigenvalue weighted by Gasteiger charge is 2.34. The molecular weight excluding hydrogens is 316 g/mol. The van der Waals surface area contributed by atoms with Gasteiger partial charge < -0.3 is 9.64 Å². The van der Waals surface area contributed by atoms with Crippen molar-refractivity contribution in [2.24, 2.45) is 0 Å². The van der Waals surface area contributed by atoms with E-state index in [1.807, 2.05) is 38.1 Å². The van der Waals surface area contributed by atoms with E-state index in [0.29, 0.717) is 19.6 Å². The van der Waals surface area contributed by atoms with E-state index < -0.39 is 10.0 Å². The molecule has 6 nitrogen and oxygen atoms in total. The van der Waals surface area contributed by atoms with Crippen LogP contribution in [0.15, 0.2) is 24.3 Å². The molecule has 1 aliphatic heterocycles. The summed E-state index contributed by atoms with van der Waals surface area (Å²) < 4.78 is 31.2. The first kappa shape index (κ1) is 17.7. The van der Waals surface area contributed by atoms with Gasteiger partial charge in [0.2, 0.25) is 15.9 Å². The van der Waals surface area contributed by atoms with Crippen molar-refractivity contribution in [3.8, 4) is 5.75 Å².